The third kappa shape index (κ3) is 3.25. The molecule has 4 rings (SSSR count). The van der Waals surface area contributed by atoms with E-state index >= 15 is 0 Å². The second-order valence-electron chi connectivity index (χ2n) is 6.59. The third-order valence-corrected chi connectivity index (χ3v) is 7.35. The van der Waals surface area contributed by atoms with E-state index in [2.05, 4.69) is 20.0 Å². The topological polar surface area (TPSA) is 81.0 Å². The maximum atomic E-state index is 11.8. The Balaban J connectivity index is 1.59. The Morgan fingerprint density at radius 1 is 1.33 bits per heavy atom. The summed E-state index contributed by atoms with van der Waals surface area (Å²) in [6, 6.07) is -0.115. The molecule has 9 heteroatoms. The van der Waals surface area contributed by atoms with Gasteiger partial charge in [0.15, 0.2) is 15.7 Å². The first-order valence-corrected chi connectivity index (χ1v) is 10.9. The van der Waals surface area contributed by atoms with Crippen LogP contribution in [0.25, 0.3) is 10.7 Å². The predicted octanol–water partition coefficient (Wildman–Crippen LogP) is 1.67. The zero-order chi connectivity index (χ0) is 16.7. The fourth-order valence-electron chi connectivity index (χ4n) is 3.44. The molecule has 24 heavy (non-hydrogen) atoms. The number of hydrogen-bond donors (Lipinski definition) is 0. The minimum absolute atomic E-state index is 0.115. The summed E-state index contributed by atoms with van der Waals surface area (Å²) < 4.78 is 25.4. The van der Waals surface area contributed by atoms with Crippen LogP contribution in [0, 0.1) is 6.92 Å². The number of sulfone groups is 1. The monoisotopic (exact) mass is 367 g/mol. The summed E-state index contributed by atoms with van der Waals surface area (Å²) in [6.07, 6.45) is 4.99. The van der Waals surface area contributed by atoms with Gasteiger partial charge in [-0.25, -0.2) is 23.1 Å². The molecule has 130 valence electrons. The summed E-state index contributed by atoms with van der Waals surface area (Å²) in [5.74, 6) is 1.81. The van der Waals surface area contributed by atoms with E-state index in [-0.39, 0.29) is 17.5 Å². The summed E-state index contributed by atoms with van der Waals surface area (Å²) in [7, 11) is -2.95. The normalized spacial score (nSPS) is 24.0. The summed E-state index contributed by atoms with van der Waals surface area (Å²) in [5.41, 5.74) is 0. The van der Waals surface area contributed by atoms with Gasteiger partial charge in [-0.2, -0.15) is 5.10 Å². The lowest BCUT2D eigenvalue weighted by atomic mass is 10.2. The second kappa shape index (κ2) is 6.20. The van der Waals surface area contributed by atoms with Crippen LogP contribution in [0.3, 0.4) is 0 Å². The van der Waals surface area contributed by atoms with Crippen LogP contribution in [0.2, 0.25) is 0 Å². The van der Waals surface area contributed by atoms with Crippen LogP contribution < -0.4 is 0 Å². The van der Waals surface area contributed by atoms with Crippen molar-refractivity contribution in [1.82, 2.24) is 24.6 Å². The van der Waals surface area contributed by atoms with E-state index in [1.165, 1.54) is 12.8 Å². The molecular formula is C15H21N5O2S2. The van der Waals surface area contributed by atoms with Crippen LogP contribution in [0.15, 0.2) is 6.20 Å². The van der Waals surface area contributed by atoms with E-state index < -0.39 is 9.84 Å². The second-order valence-corrected chi connectivity index (χ2v) is 9.93. The average molecular weight is 368 g/mol. The fourth-order valence-corrected chi connectivity index (χ4v) is 6.07. The van der Waals surface area contributed by atoms with Crippen LogP contribution in [0.1, 0.15) is 36.1 Å². The average Bonchev–Trinajstić information content (AvgIpc) is 3.26. The molecule has 2 aliphatic heterocycles. The van der Waals surface area contributed by atoms with E-state index in [1.807, 2.05) is 13.1 Å². The summed E-state index contributed by atoms with van der Waals surface area (Å²) in [4.78, 5) is 12.5. The van der Waals surface area contributed by atoms with E-state index in [9.17, 15) is 8.42 Å². The van der Waals surface area contributed by atoms with Gasteiger partial charge < -0.3 is 0 Å². The smallest absolute Gasteiger partial charge is 0.170 e. The van der Waals surface area contributed by atoms with E-state index in [0.29, 0.717) is 12.2 Å². The molecule has 7 nitrogen and oxygen atoms in total. The Morgan fingerprint density at radius 2 is 2.12 bits per heavy atom. The van der Waals surface area contributed by atoms with Gasteiger partial charge in [0, 0.05) is 6.20 Å². The first-order chi connectivity index (χ1) is 11.5. The van der Waals surface area contributed by atoms with E-state index in [4.69, 9.17) is 0 Å². The van der Waals surface area contributed by atoms with Gasteiger partial charge in [-0.05, 0) is 39.3 Å². The van der Waals surface area contributed by atoms with Crippen LogP contribution in [0.5, 0.6) is 0 Å². The summed E-state index contributed by atoms with van der Waals surface area (Å²) >= 11 is 1.63. The van der Waals surface area contributed by atoms with Gasteiger partial charge >= 0.3 is 0 Å². The zero-order valence-electron chi connectivity index (χ0n) is 13.7. The first-order valence-electron chi connectivity index (χ1n) is 8.31. The maximum absolute atomic E-state index is 11.8. The van der Waals surface area contributed by atoms with Crippen molar-refractivity contribution in [1.29, 1.82) is 0 Å². The van der Waals surface area contributed by atoms with Gasteiger partial charge in [-0.15, -0.1) is 11.3 Å². The van der Waals surface area contributed by atoms with Crippen LogP contribution in [-0.4, -0.2) is 57.7 Å². The SMILES string of the molecule is Cc1nc(-c2cnc(CN3CCCC3)s2)n([C@H]2CCS(=O)(=O)C2)n1. The van der Waals surface area contributed by atoms with E-state index in [0.717, 1.165) is 35.3 Å². The van der Waals surface area contributed by atoms with Crippen molar-refractivity contribution in [2.45, 2.75) is 38.8 Å². The molecule has 2 saturated heterocycles. The molecular weight excluding hydrogens is 346 g/mol. The zero-order valence-corrected chi connectivity index (χ0v) is 15.3. The molecule has 1 atom stereocenters. The van der Waals surface area contributed by atoms with Crippen LogP contribution in [-0.2, 0) is 16.4 Å². The number of likely N-dealkylation sites (tertiary alicyclic amines) is 1. The molecule has 0 amide bonds. The standard InChI is InChI=1S/C15H21N5O2S2/c1-11-17-15(20(18-11)12-4-7-24(21,22)10-12)13-8-16-14(23-13)9-19-5-2-3-6-19/h8,12H,2-7,9-10H2,1H3/t12-/m0/s1. The molecule has 0 aromatic carbocycles. The fraction of sp³-hybridized carbons (Fsp3) is 0.667. The molecule has 0 N–H and O–H groups in total. The van der Waals surface area contributed by atoms with Crippen molar-refractivity contribution in [3.8, 4) is 10.7 Å². The molecule has 0 spiro atoms. The number of hydrogen-bond acceptors (Lipinski definition) is 7. The molecule has 4 heterocycles. The number of aromatic nitrogens is 4. The molecule has 2 aromatic rings. The van der Waals surface area contributed by atoms with Crippen molar-refractivity contribution < 1.29 is 8.42 Å². The molecule has 0 radical (unpaired) electrons. The van der Waals surface area contributed by atoms with Gasteiger partial charge in [-0.3, -0.25) is 4.90 Å². The van der Waals surface area contributed by atoms with Crippen molar-refractivity contribution >= 4 is 21.2 Å². The Bertz CT molecular complexity index is 836. The third-order valence-electron chi connectivity index (χ3n) is 4.62. The first kappa shape index (κ1) is 16.2. The minimum atomic E-state index is -2.95. The van der Waals surface area contributed by atoms with Gasteiger partial charge in [0.2, 0.25) is 0 Å². The Labute approximate surface area is 145 Å². The highest BCUT2D eigenvalue weighted by molar-refractivity contribution is 7.91. The van der Waals surface area contributed by atoms with Crippen LogP contribution in [0.4, 0.5) is 0 Å². The lowest BCUT2D eigenvalue weighted by Gasteiger charge is -2.11. The molecule has 0 bridgehead atoms. The minimum Gasteiger partial charge on any atom is -0.297 e. The molecule has 2 fully saturated rings. The van der Waals surface area contributed by atoms with Gasteiger partial charge in [0.05, 0.1) is 29.0 Å². The predicted molar refractivity (Wildman–Crippen MR) is 92.7 cm³/mol. The van der Waals surface area contributed by atoms with Crippen molar-refractivity contribution in [3.05, 3.63) is 17.0 Å². The molecule has 2 aromatic heterocycles. The van der Waals surface area contributed by atoms with Crippen molar-refractivity contribution in [2.75, 3.05) is 24.6 Å². The Morgan fingerprint density at radius 3 is 2.83 bits per heavy atom. The van der Waals surface area contributed by atoms with Crippen LogP contribution >= 0.6 is 11.3 Å². The number of rotatable bonds is 4. The molecule has 2 aliphatic rings. The molecule has 0 unspecified atom stereocenters. The lowest BCUT2D eigenvalue weighted by Crippen LogP contribution is -2.17. The quantitative estimate of drug-likeness (QED) is 0.818. The van der Waals surface area contributed by atoms with Crippen molar-refractivity contribution in [3.63, 3.8) is 0 Å². The molecule has 0 aliphatic carbocycles. The van der Waals surface area contributed by atoms with Gasteiger partial charge in [0.25, 0.3) is 0 Å². The number of thiazole rings is 1. The Hall–Kier alpha value is -1.32. The molecule has 0 saturated carbocycles. The highest BCUT2D eigenvalue weighted by Gasteiger charge is 2.32. The highest BCUT2D eigenvalue weighted by Crippen LogP contribution is 2.31. The maximum Gasteiger partial charge on any atom is 0.170 e. The Kier molecular flexibility index (Phi) is 4.17. The summed E-state index contributed by atoms with van der Waals surface area (Å²) in [5, 5.41) is 5.54. The van der Waals surface area contributed by atoms with Gasteiger partial charge in [-0.1, -0.05) is 0 Å². The van der Waals surface area contributed by atoms with E-state index in [1.54, 1.807) is 16.0 Å². The largest absolute Gasteiger partial charge is 0.297 e. The van der Waals surface area contributed by atoms with Gasteiger partial charge in [0.1, 0.15) is 10.8 Å². The lowest BCUT2D eigenvalue weighted by molar-refractivity contribution is 0.331. The summed E-state index contributed by atoms with van der Waals surface area (Å²) in [6.45, 7) is 5.01. The number of nitrogens with zero attached hydrogens (tertiary/aromatic N) is 5. The number of aryl methyl sites for hydroxylation is 1. The van der Waals surface area contributed by atoms with Crippen molar-refractivity contribution in [2.24, 2.45) is 0 Å². The highest BCUT2D eigenvalue weighted by atomic mass is 32.2.